The molecule has 0 amide bonds. The number of aromatic amines is 1. The molecule has 0 aliphatic carbocycles. The third kappa shape index (κ3) is 2.30. The van der Waals surface area contributed by atoms with Crippen molar-refractivity contribution in [3.05, 3.63) is 18.2 Å². The molecule has 0 spiro atoms. The predicted molar refractivity (Wildman–Crippen MR) is 35.0 cm³/mol. The van der Waals surface area contributed by atoms with Crippen molar-refractivity contribution in [2.24, 2.45) is 0 Å². The Morgan fingerprint density at radius 2 is 2.55 bits per heavy atom. The summed E-state index contributed by atoms with van der Waals surface area (Å²) in [4.78, 5) is 6.59. The van der Waals surface area contributed by atoms with Gasteiger partial charge in [0.25, 0.3) is 0 Å². The van der Waals surface area contributed by atoms with Gasteiger partial charge in [-0.1, -0.05) is 0 Å². The molecule has 1 unspecified atom stereocenters. The molecule has 5 N–H and O–H groups in total. The number of rotatable bonds is 3. The topological polar surface area (TPSA) is 99.6 Å². The Hall–Kier alpha value is -0.910. The van der Waals surface area contributed by atoms with E-state index in [0.29, 0.717) is 6.42 Å². The lowest BCUT2D eigenvalue weighted by molar-refractivity contribution is -0.571. The second-order valence-electron chi connectivity index (χ2n) is 2.43. The number of hydrogen-bond acceptors (Lipinski definition) is 3. The van der Waals surface area contributed by atoms with Crippen LogP contribution in [0.4, 0.5) is 0 Å². The summed E-state index contributed by atoms with van der Waals surface area (Å²) in [5, 5.41) is 19.0. The Balaban J connectivity index is 2.43. The summed E-state index contributed by atoms with van der Waals surface area (Å²) in [6.07, 6.45) is 1.96. The number of aliphatic hydroxyl groups excluding tert-OH is 1. The van der Waals surface area contributed by atoms with E-state index in [4.69, 9.17) is 5.11 Å². The molecule has 0 aliphatic rings. The number of aromatic nitrogens is 2. The smallest absolute Gasteiger partial charge is 0.101 e. The molecular formula is C6H11N3O2. The average Bonchev–Trinajstić information content (AvgIpc) is 2.39. The van der Waals surface area contributed by atoms with E-state index in [1.807, 2.05) is 0 Å². The number of nitrogens with zero attached hydrogens (tertiary/aromatic N) is 1. The van der Waals surface area contributed by atoms with Crippen molar-refractivity contribution in [3.8, 4) is 0 Å². The molecule has 1 aromatic rings. The zero-order chi connectivity index (χ0) is 8.27. The molecule has 1 aromatic heterocycles. The van der Waals surface area contributed by atoms with Gasteiger partial charge in [-0.2, -0.15) is 0 Å². The van der Waals surface area contributed by atoms with Crippen LogP contribution in [-0.4, -0.2) is 27.4 Å². The van der Waals surface area contributed by atoms with Gasteiger partial charge in [-0.25, -0.2) is 4.98 Å². The van der Waals surface area contributed by atoms with Gasteiger partial charge >= 0.3 is 0 Å². The molecule has 62 valence electrons. The van der Waals surface area contributed by atoms with Crippen molar-refractivity contribution in [1.29, 1.82) is 0 Å². The molecule has 0 saturated heterocycles. The fourth-order valence-electron chi connectivity index (χ4n) is 0.780. The molecule has 0 aliphatic heterocycles. The first-order valence-electron chi connectivity index (χ1n) is 3.34. The number of imidazole rings is 1. The SMILES string of the molecule is [NH3+][C@@H](Cc1cnc[nH]1)C([O-])O. The van der Waals surface area contributed by atoms with E-state index >= 15 is 0 Å². The van der Waals surface area contributed by atoms with Gasteiger partial charge in [-0.05, 0) is 0 Å². The van der Waals surface area contributed by atoms with E-state index in [1.165, 1.54) is 6.33 Å². The fraction of sp³-hybridized carbons (Fsp3) is 0.500. The standard InChI is InChI=1S/C6H10N3O2/c7-5(6(10)11)1-4-2-8-3-9-4/h2-3,5-6,10H,1,7H2,(H,8,9)/q-1/p+1/t5-,6?/m0/s1. The highest BCUT2D eigenvalue weighted by Crippen LogP contribution is 1.95. The van der Waals surface area contributed by atoms with Crippen LogP contribution in [0.2, 0.25) is 0 Å². The Morgan fingerprint density at radius 3 is 3.00 bits per heavy atom. The van der Waals surface area contributed by atoms with Crippen LogP contribution in [0.3, 0.4) is 0 Å². The van der Waals surface area contributed by atoms with Gasteiger partial charge in [0.1, 0.15) is 6.04 Å². The number of nitrogens with one attached hydrogen (secondary N) is 1. The summed E-state index contributed by atoms with van der Waals surface area (Å²) in [6, 6.07) is -0.518. The Morgan fingerprint density at radius 1 is 1.82 bits per heavy atom. The molecule has 0 bridgehead atoms. The summed E-state index contributed by atoms with van der Waals surface area (Å²) < 4.78 is 0. The van der Waals surface area contributed by atoms with Gasteiger partial charge in [0, 0.05) is 24.6 Å². The van der Waals surface area contributed by atoms with Crippen LogP contribution < -0.4 is 10.8 Å². The van der Waals surface area contributed by atoms with Crippen LogP contribution in [0, 0.1) is 0 Å². The Bertz CT molecular complexity index is 198. The van der Waals surface area contributed by atoms with Crippen LogP contribution in [0.25, 0.3) is 0 Å². The third-order valence-corrected chi connectivity index (χ3v) is 1.44. The van der Waals surface area contributed by atoms with Gasteiger partial charge in [0.15, 0.2) is 0 Å². The van der Waals surface area contributed by atoms with Crippen LogP contribution in [-0.2, 0) is 6.42 Å². The highest BCUT2D eigenvalue weighted by Gasteiger charge is 2.09. The lowest BCUT2D eigenvalue weighted by Crippen LogP contribution is -2.70. The largest absolute Gasteiger partial charge is 0.827 e. The third-order valence-electron chi connectivity index (χ3n) is 1.44. The summed E-state index contributed by atoms with van der Waals surface area (Å²) in [5.74, 6) is 0. The summed E-state index contributed by atoms with van der Waals surface area (Å²) >= 11 is 0. The number of H-pyrrole nitrogens is 1. The quantitative estimate of drug-likeness (QED) is 0.414. The van der Waals surface area contributed by atoms with E-state index in [1.54, 1.807) is 6.20 Å². The molecule has 5 nitrogen and oxygen atoms in total. The Kier molecular flexibility index (Phi) is 2.58. The normalized spacial score (nSPS) is 16.3. The highest BCUT2D eigenvalue weighted by atomic mass is 16.5. The van der Waals surface area contributed by atoms with Crippen molar-refractivity contribution in [1.82, 2.24) is 9.97 Å². The predicted octanol–water partition coefficient (Wildman–Crippen LogP) is -2.76. The first-order valence-corrected chi connectivity index (χ1v) is 3.34. The van der Waals surface area contributed by atoms with Crippen LogP contribution in [0.15, 0.2) is 12.5 Å². The van der Waals surface area contributed by atoms with Crippen molar-refractivity contribution in [2.45, 2.75) is 18.8 Å². The maximum atomic E-state index is 10.4. The first kappa shape index (κ1) is 8.19. The van der Waals surface area contributed by atoms with Crippen molar-refractivity contribution < 1.29 is 15.9 Å². The van der Waals surface area contributed by atoms with Crippen LogP contribution in [0.1, 0.15) is 5.69 Å². The molecule has 5 heteroatoms. The summed E-state index contributed by atoms with van der Waals surface area (Å²) in [7, 11) is 0. The van der Waals surface area contributed by atoms with E-state index in [9.17, 15) is 5.11 Å². The zero-order valence-corrected chi connectivity index (χ0v) is 6.03. The van der Waals surface area contributed by atoms with Crippen molar-refractivity contribution >= 4 is 0 Å². The molecule has 0 saturated carbocycles. The van der Waals surface area contributed by atoms with Gasteiger partial charge in [0.2, 0.25) is 0 Å². The van der Waals surface area contributed by atoms with E-state index in [2.05, 4.69) is 15.7 Å². The average molecular weight is 157 g/mol. The van der Waals surface area contributed by atoms with Crippen molar-refractivity contribution in [3.63, 3.8) is 0 Å². The summed E-state index contributed by atoms with van der Waals surface area (Å²) in [5.41, 5.74) is 4.32. The summed E-state index contributed by atoms with van der Waals surface area (Å²) in [6.45, 7) is 0. The lowest BCUT2D eigenvalue weighted by Gasteiger charge is -2.18. The Labute approximate surface area is 63.9 Å². The second-order valence-corrected chi connectivity index (χ2v) is 2.43. The molecule has 0 fully saturated rings. The lowest BCUT2D eigenvalue weighted by atomic mass is 10.2. The molecule has 2 atom stereocenters. The molecular weight excluding hydrogens is 146 g/mol. The molecule has 0 aromatic carbocycles. The van der Waals surface area contributed by atoms with Gasteiger partial charge in [0.05, 0.1) is 6.33 Å². The maximum Gasteiger partial charge on any atom is 0.101 e. The van der Waals surface area contributed by atoms with Gasteiger partial charge < -0.3 is 20.9 Å². The minimum atomic E-state index is -1.61. The maximum absolute atomic E-state index is 10.4. The zero-order valence-electron chi connectivity index (χ0n) is 6.03. The molecule has 0 radical (unpaired) electrons. The first-order chi connectivity index (χ1) is 5.20. The minimum absolute atomic E-state index is 0.435. The number of hydrogen-bond donors (Lipinski definition) is 3. The van der Waals surface area contributed by atoms with Gasteiger partial charge in [-0.3, -0.25) is 0 Å². The van der Waals surface area contributed by atoms with E-state index < -0.39 is 12.3 Å². The highest BCUT2D eigenvalue weighted by molar-refractivity contribution is 4.95. The molecule has 11 heavy (non-hydrogen) atoms. The van der Waals surface area contributed by atoms with Gasteiger partial charge in [-0.15, -0.1) is 0 Å². The molecule has 1 rings (SSSR count). The van der Waals surface area contributed by atoms with E-state index in [-0.39, 0.29) is 0 Å². The number of quaternary nitrogens is 1. The fourth-order valence-corrected chi connectivity index (χ4v) is 0.780. The van der Waals surface area contributed by atoms with E-state index in [0.717, 1.165) is 5.69 Å². The minimum Gasteiger partial charge on any atom is -0.827 e. The van der Waals surface area contributed by atoms with Crippen LogP contribution >= 0.6 is 0 Å². The van der Waals surface area contributed by atoms with Crippen LogP contribution in [0.5, 0.6) is 0 Å². The van der Waals surface area contributed by atoms with Crippen molar-refractivity contribution in [2.75, 3.05) is 0 Å². The number of aliphatic hydroxyl groups is 1. The monoisotopic (exact) mass is 157 g/mol. The molecule has 1 heterocycles. The second kappa shape index (κ2) is 3.47.